The van der Waals surface area contributed by atoms with Gasteiger partial charge in [-0.15, -0.1) is 11.8 Å². The lowest BCUT2D eigenvalue weighted by Gasteiger charge is -2.24. The molecule has 142 valence electrons. The summed E-state index contributed by atoms with van der Waals surface area (Å²) in [6, 6.07) is 8.57. The molecule has 1 amide bonds. The third kappa shape index (κ3) is 4.98. The van der Waals surface area contributed by atoms with Crippen molar-refractivity contribution in [3.8, 4) is 0 Å². The largest absolute Gasteiger partial charge is 0.348 e. The molecule has 0 aliphatic carbocycles. The third-order valence-electron chi connectivity index (χ3n) is 5.06. The summed E-state index contributed by atoms with van der Waals surface area (Å²) < 4.78 is 0. The zero-order valence-electron chi connectivity index (χ0n) is 16.4. The highest BCUT2D eigenvalue weighted by atomic mass is 32.2. The average Bonchev–Trinajstić information content (AvgIpc) is 3.08. The van der Waals surface area contributed by atoms with Gasteiger partial charge in [-0.1, -0.05) is 37.6 Å². The van der Waals surface area contributed by atoms with Crippen LogP contribution in [0.3, 0.4) is 0 Å². The number of aliphatic imine (C=N–C) groups is 1. The first-order valence-corrected chi connectivity index (χ1v) is 10.6. The van der Waals surface area contributed by atoms with Crippen molar-refractivity contribution < 1.29 is 4.79 Å². The Labute approximate surface area is 162 Å². The van der Waals surface area contributed by atoms with E-state index in [0.717, 1.165) is 54.0 Å². The molecule has 1 aromatic rings. The Balaban J connectivity index is 2.17. The van der Waals surface area contributed by atoms with Crippen LogP contribution < -0.4 is 5.32 Å². The summed E-state index contributed by atoms with van der Waals surface area (Å²) in [5.41, 5.74) is 3.24. The molecular formula is C21H31N3OS. The Morgan fingerprint density at radius 3 is 2.62 bits per heavy atom. The third-order valence-corrected chi connectivity index (χ3v) is 6.00. The quantitative estimate of drug-likeness (QED) is 0.683. The highest BCUT2D eigenvalue weighted by molar-refractivity contribution is 8.07. The van der Waals surface area contributed by atoms with E-state index in [0.29, 0.717) is 0 Å². The second kappa shape index (κ2) is 9.93. The summed E-state index contributed by atoms with van der Waals surface area (Å²) in [7, 11) is 2.03. The Bertz CT molecular complexity index is 654. The molecule has 1 aliphatic heterocycles. The van der Waals surface area contributed by atoms with Crippen LogP contribution >= 0.6 is 11.8 Å². The number of likely N-dealkylation sites (N-methyl/N-ethyl adjacent to an activating group) is 1. The average molecular weight is 374 g/mol. The normalized spacial score (nSPS) is 19.8. The second-order valence-electron chi connectivity index (χ2n) is 6.89. The molecule has 0 aromatic heterocycles. The summed E-state index contributed by atoms with van der Waals surface area (Å²) in [5.74, 6) is 0.156. The van der Waals surface area contributed by atoms with Crippen molar-refractivity contribution >= 4 is 29.3 Å². The van der Waals surface area contributed by atoms with Crippen LogP contribution in [0.5, 0.6) is 0 Å². The van der Waals surface area contributed by atoms with Gasteiger partial charge in [0, 0.05) is 4.91 Å². The lowest BCUT2D eigenvalue weighted by Crippen LogP contribution is -2.42. The molecule has 1 aromatic carbocycles. The van der Waals surface area contributed by atoms with E-state index in [1.54, 1.807) is 11.8 Å². The molecule has 0 unspecified atom stereocenters. The molecule has 0 spiro atoms. The first-order chi connectivity index (χ1) is 12.5. The maximum atomic E-state index is 12.7. The molecule has 1 saturated heterocycles. The number of nitrogens with zero attached hydrogens (tertiary/aromatic N) is 2. The van der Waals surface area contributed by atoms with Gasteiger partial charge < -0.3 is 5.32 Å². The molecule has 0 bridgehead atoms. The number of amides is 1. The minimum Gasteiger partial charge on any atom is -0.348 e. The number of thioether (sulfide) groups is 1. The van der Waals surface area contributed by atoms with Crippen molar-refractivity contribution in [3.05, 3.63) is 41.1 Å². The van der Waals surface area contributed by atoms with Crippen LogP contribution in [-0.2, 0) is 4.79 Å². The van der Waals surface area contributed by atoms with Gasteiger partial charge in [0.05, 0.1) is 17.8 Å². The van der Waals surface area contributed by atoms with Crippen molar-refractivity contribution in [2.24, 2.45) is 4.99 Å². The Morgan fingerprint density at radius 1 is 1.42 bits per heavy atom. The maximum absolute atomic E-state index is 12.7. The molecule has 1 fully saturated rings. The van der Waals surface area contributed by atoms with Crippen LogP contribution in [0.2, 0.25) is 0 Å². The molecule has 4 nitrogen and oxygen atoms in total. The first kappa shape index (κ1) is 20.7. The summed E-state index contributed by atoms with van der Waals surface area (Å²) in [6.07, 6.45) is 6.08. The molecule has 2 atom stereocenters. The van der Waals surface area contributed by atoms with E-state index < -0.39 is 0 Å². The van der Waals surface area contributed by atoms with Gasteiger partial charge in [-0.2, -0.15) is 0 Å². The van der Waals surface area contributed by atoms with Crippen LogP contribution in [0, 0.1) is 0 Å². The minimum atomic E-state index is 0.0148. The number of likely N-dealkylation sites (tertiary alicyclic amines) is 1. The Kier molecular flexibility index (Phi) is 7.91. The molecular weight excluding hydrogens is 342 g/mol. The minimum absolute atomic E-state index is 0.0148. The second-order valence-corrected chi connectivity index (χ2v) is 7.70. The Hall–Kier alpha value is -1.59. The fourth-order valence-corrected chi connectivity index (χ4v) is 4.27. The number of carbonyl (C=O) groups is 1. The van der Waals surface area contributed by atoms with Crippen molar-refractivity contribution in [1.82, 2.24) is 10.2 Å². The number of allylic oxidation sites excluding steroid dienone is 1. The lowest BCUT2D eigenvalue weighted by molar-refractivity contribution is -0.125. The number of carbonyl (C=O) groups excluding carboxylic acids is 1. The number of hydrogen-bond acceptors (Lipinski definition) is 4. The van der Waals surface area contributed by atoms with Gasteiger partial charge in [0.25, 0.3) is 0 Å². The summed E-state index contributed by atoms with van der Waals surface area (Å²) in [5, 5.41) is 3.28. The maximum Gasteiger partial charge on any atom is 0.237 e. The van der Waals surface area contributed by atoms with Gasteiger partial charge >= 0.3 is 0 Å². The zero-order valence-corrected chi connectivity index (χ0v) is 17.2. The standard InChI is InChI=1S/C21H31N3OS/c1-6-8-18(23-21(25)19-9-7-14-24(19)4)16-10-12-17(13-11-16)20(26-5)15(2)22-3/h10-13,18-19H,3,6-9,14H2,1-2,4-5H3,(H,23,25)/b20-15-/t18-,19+/m1/s1. The number of benzene rings is 1. The molecule has 1 N–H and O–H groups in total. The van der Waals surface area contributed by atoms with Crippen molar-refractivity contribution in [1.29, 1.82) is 0 Å². The summed E-state index contributed by atoms with van der Waals surface area (Å²) >= 11 is 1.68. The SMILES string of the molecule is C=N/C(C)=C(\SC)c1ccc([C@@H](CCC)NC(=O)[C@@H]2CCCN2C)cc1. The molecule has 0 saturated carbocycles. The van der Waals surface area contributed by atoms with E-state index in [-0.39, 0.29) is 18.0 Å². The van der Waals surface area contributed by atoms with Gasteiger partial charge in [0.15, 0.2) is 0 Å². The molecule has 2 rings (SSSR count). The topological polar surface area (TPSA) is 44.7 Å². The summed E-state index contributed by atoms with van der Waals surface area (Å²) in [4.78, 5) is 20.0. The fourth-order valence-electron chi connectivity index (χ4n) is 3.53. The van der Waals surface area contributed by atoms with Gasteiger partial charge in [0.1, 0.15) is 0 Å². The highest BCUT2D eigenvalue weighted by Gasteiger charge is 2.29. The van der Waals surface area contributed by atoms with E-state index in [2.05, 4.69) is 59.4 Å². The van der Waals surface area contributed by atoms with E-state index >= 15 is 0 Å². The van der Waals surface area contributed by atoms with Crippen molar-refractivity contribution in [2.75, 3.05) is 19.8 Å². The first-order valence-electron chi connectivity index (χ1n) is 9.34. The van der Waals surface area contributed by atoms with Gasteiger partial charge in [-0.3, -0.25) is 14.7 Å². The lowest BCUT2D eigenvalue weighted by atomic mass is 10.00. The highest BCUT2D eigenvalue weighted by Crippen LogP contribution is 2.30. The Morgan fingerprint density at radius 2 is 2.12 bits per heavy atom. The van der Waals surface area contributed by atoms with Crippen molar-refractivity contribution in [2.45, 2.75) is 51.6 Å². The number of hydrogen-bond donors (Lipinski definition) is 1. The smallest absolute Gasteiger partial charge is 0.237 e. The monoisotopic (exact) mass is 373 g/mol. The van der Waals surface area contributed by atoms with Gasteiger partial charge in [0.2, 0.25) is 5.91 Å². The molecule has 1 heterocycles. The molecule has 26 heavy (non-hydrogen) atoms. The molecule has 5 heteroatoms. The van der Waals surface area contributed by atoms with E-state index in [4.69, 9.17) is 0 Å². The van der Waals surface area contributed by atoms with Crippen LogP contribution in [0.1, 0.15) is 56.7 Å². The van der Waals surface area contributed by atoms with Gasteiger partial charge in [-0.05, 0) is 63.9 Å². The van der Waals surface area contributed by atoms with E-state index in [9.17, 15) is 4.79 Å². The van der Waals surface area contributed by atoms with Crippen LogP contribution in [0.25, 0.3) is 4.91 Å². The van der Waals surface area contributed by atoms with E-state index in [1.807, 2.05) is 14.0 Å². The molecule has 0 radical (unpaired) electrons. The summed E-state index contributed by atoms with van der Waals surface area (Å²) in [6.45, 7) is 8.77. The van der Waals surface area contributed by atoms with Crippen molar-refractivity contribution in [3.63, 3.8) is 0 Å². The number of nitrogens with one attached hydrogen (secondary N) is 1. The predicted octanol–water partition coefficient (Wildman–Crippen LogP) is 4.49. The van der Waals surface area contributed by atoms with Crippen LogP contribution in [0.15, 0.2) is 35.0 Å². The van der Waals surface area contributed by atoms with E-state index in [1.165, 1.54) is 0 Å². The van der Waals surface area contributed by atoms with Crippen LogP contribution in [0.4, 0.5) is 0 Å². The van der Waals surface area contributed by atoms with Gasteiger partial charge in [-0.25, -0.2) is 0 Å². The fraction of sp³-hybridized carbons (Fsp3) is 0.524. The predicted molar refractivity (Wildman–Crippen MR) is 114 cm³/mol. The number of rotatable bonds is 8. The van der Waals surface area contributed by atoms with Crippen LogP contribution in [-0.4, -0.2) is 43.4 Å². The zero-order chi connectivity index (χ0) is 19.1. The molecule has 1 aliphatic rings.